The molecule has 0 unspecified atom stereocenters. The molecule has 9 heteroatoms. The quantitative estimate of drug-likeness (QED) is 0.868. The highest BCUT2D eigenvalue weighted by Crippen LogP contribution is 2.32. The smallest absolute Gasteiger partial charge is 0.416 e. The Labute approximate surface area is 145 Å². The number of rotatable bonds is 4. The minimum atomic E-state index is -4.63. The van der Waals surface area contributed by atoms with Gasteiger partial charge >= 0.3 is 12.1 Å². The number of alkyl halides is 3. The topological polar surface area (TPSA) is 70.8 Å². The van der Waals surface area contributed by atoms with Crippen LogP contribution in [0.15, 0.2) is 28.7 Å². The monoisotopic (exact) mass is 375 g/mol. The van der Waals surface area contributed by atoms with Crippen molar-refractivity contribution in [2.45, 2.75) is 19.6 Å². The number of halogens is 4. The maximum Gasteiger partial charge on any atom is 0.416 e. The van der Waals surface area contributed by atoms with Crippen LogP contribution in [-0.4, -0.2) is 28.9 Å². The first kappa shape index (κ1) is 18.9. The van der Waals surface area contributed by atoms with Gasteiger partial charge in [0.25, 0.3) is 5.91 Å². The van der Waals surface area contributed by atoms with Crippen LogP contribution >= 0.6 is 11.6 Å². The molecule has 1 amide bonds. The van der Waals surface area contributed by atoms with Crippen LogP contribution < -0.4 is 0 Å². The van der Waals surface area contributed by atoms with Crippen LogP contribution in [0, 0.1) is 6.92 Å². The molecule has 0 fully saturated rings. The van der Waals surface area contributed by atoms with Crippen molar-refractivity contribution in [2.24, 2.45) is 0 Å². The number of carboxylic acid groups (broad SMARTS) is 1. The molecule has 5 nitrogen and oxygen atoms in total. The Kier molecular flexibility index (Phi) is 5.12. The first-order valence-electron chi connectivity index (χ1n) is 6.95. The summed E-state index contributed by atoms with van der Waals surface area (Å²) < 4.78 is 43.7. The molecule has 1 heterocycles. The summed E-state index contributed by atoms with van der Waals surface area (Å²) in [7, 11) is 1.36. The minimum absolute atomic E-state index is 0.0436. The molecule has 1 aromatic carbocycles. The predicted octanol–water partition coefficient (Wildman–Crippen LogP) is 4.23. The zero-order valence-corrected chi connectivity index (χ0v) is 13.9. The van der Waals surface area contributed by atoms with E-state index in [1.54, 1.807) is 0 Å². The molecule has 0 aliphatic heterocycles. The van der Waals surface area contributed by atoms with Crippen molar-refractivity contribution in [2.75, 3.05) is 7.05 Å². The summed E-state index contributed by atoms with van der Waals surface area (Å²) >= 11 is 5.67. The first-order valence-corrected chi connectivity index (χ1v) is 7.32. The van der Waals surface area contributed by atoms with E-state index >= 15 is 0 Å². The summed E-state index contributed by atoms with van der Waals surface area (Å²) in [5, 5.41) is 8.76. The van der Waals surface area contributed by atoms with E-state index in [1.807, 2.05) is 0 Å². The molecule has 0 aliphatic rings. The molecule has 0 saturated heterocycles. The van der Waals surface area contributed by atoms with Gasteiger partial charge in [-0.2, -0.15) is 13.2 Å². The molecular formula is C16H13ClF3NO4. The number of carbonyl (C=O) groups excluding carboxylic acids is 1. The standard InChI is InChI=1S/C16H13ClF3NO4/c1-8-13(15(23)24)6-12(25-8)7-21(2)14(22)9-3-10(16(18,19)20)5-11(17)4-9/h3-6H,7H2,1-2H3,(H,23,24). The van der Waals surface area contributed by atoms with Gasteiger partial charge in [-0.25, -0.2) is 4.79 Å². The van der Waals surface area contributed by atoms with E-state index in [0.29, 0.717) is 6.07 Å². The van der Waals surface area contributed by atoms with Crippen molar-refractivity contribution in [1.29, 1.82) is 0 Å². The summed E-state index contributed by atoms with van der Waals surface area (Å²) in [6, 6.07) is 3.83. The Bertz CT molecular complexity index is 829. The number of furan rings is 1. The Hall–Kier alpha value is -2.48. The van der Waals surface area contributed by atoms with Crippen molar-refractivity contribution < 1.29 is 32.3 Å². The number of carbonyl (C=O) groups is 2. The molecular weight excluding hydrogens is 363 g/mol. The third-order valence-electron chi connectivity index (χ3n) is 3.41. The lowest BCUT2D eigenvalue weighted by atomic mass is 10.1. The fraction of sp³-hybridized carbons (Fsp3) is 0.250. The second-order valence-corrected chi connectivity index (χ2v) is 5.81. The van der Waals surface area contributed by atoms with Gasteiger partial charge in [-0.1, -0.05) is 11.6 Å². The zero-order valence-electron chi connectivity index (χ0n) is 13.1. The number of nitrogens with zero attached hydrogens (tertiary/aromatic N) is 1. The van der Waals surface area contributed by atoms with E-state index in [2.05, 4.69) is 0 Å². The van der Waals surface area contributed by atoms with Crippen LogP contribution in [0.5, 0.6) is 0 Å². The largest absolute Gasteiger partial charge is 0.478 e. The molecule has 2 rings (SSSR count). The molecule has 1 N–H and O–H groups in total. The molecule has 1 aromatic heterocycles. The number of benzene rings is 1. The number of amides is 1. The third-order valence-corrected chi connectivity index (χ3v) is 3.63. The van der Waals surface area contributed by atoms with Crippen LogP contribution in [0.1, 0.15) is 37.8 Å². The number of aromatic carboxylic acids is 1. The average molecular weight is 376 g/mol. The molecule has 0 aliphatic carbocycles. The zero-order chi connectivity index (χ0) is 18.9. The van der Waals surface area contributed by atoms with Crippen LogP contribution in [0.2, 0.25) is 5.02 Å². The molecule has 0 saturated carbocycles. The second kappa shape index (κ2) is 6.79. The van der Waals surface area contributed by atoms with E-state index < -0.39 is 23.6 Å². The molecule has 0 bridgehead atoms. The van der Waals surface area contributed by atoms with Crippen molar-refractivity contribution in [1.82, 2.24) is 4.90 Å². The van der Waals surface area contributed by atoms with Gasteiger partial charge in [-0.05, 0) is 31.2 Å². The number of carboxylic acids is 1. The Morgan fingerprint density at radius 1 is 1.24 bits per heavy atom. The van der Waals surface area contributed by atoms with Crippen LogP contribution in [0.25, 0.3) is 0 Å². The normalized spacial score (nSPS) is 11.4. The van der Waals surface area contributed by atoms with Crippen molar-refractivity contribution in [3.63, 3.8) is 0 Å². The van der Waals surface area contributed by atoms with Gasteiger partial charge in [-0.3, -0.25) is 4.79 Å². The Balaban J connectivity index is 2.24. The number of hydrogen-bond donors (Lipinski definition) is 1. The van der Waals surface area contributed by atoms with E-state index in [9.17, 15) is 22.8 Å². The molecule has 134 valence electrons. The van der Waals surface area contributed by atoms with Crippen LogP contribution in [0.4, 0.5) is 13.2 Å². The summed E-state index contributed by atoms with van der Waals surface area (Å²) in [6.45, 7) is 1.35. The van der Waals surface area contributed by atoms with E-state index in [1.165, 1.54) is 20.0 Å². The lowest BCUT2D eigenvalue weighted by Gasteiger charge is -2.17. The van der Waals surface area contributed by atoms with Crippen LogP contribution in [0.3, 0.4) is 0 Å². The second-order valence-electron chi connectivity index (χ2n) is 5.38. The fourth-order valence-electron chi connectivity index (χ4n) is 2.24. The van der Waals surface area contributed by atoms with Crippen LogP contribution in [-0.2, 0) is 12.7 Å². The highest BCUT2D eigenvalue weighted by molar-refractivity contribution is 6.31. The molecule has 25 heavy (non-hydrogen) atoms. The van der Waals surface area contributed by atoms with Gasteiger partial charge in [0.05, 0.1) is 12.1 Å². The highest BCUT2D eigenvalue weighted by Gasteiger charge is 2.32. The highest BCUT2D eigenvalue weighted by atomic mass is 35.5. The lowest BCUT2D eigenvalue weighted by molar-refractivity contribution is -0.137. The Morgan fingerprint density at radius 2 is 1.88 bits per heavy atom. The van der Waals surface area contributed by atoms with Crippen molar-refractivity contribution >= 4 is 23.5 Å². The van der Waals surface area contributed by atoms with E-state index in [-0.39, 0.29) is 34.2 Å². The van der Waals surface area contributed by atoms with E-state index in [0.717, 1.165) is 17.0 Å². The van der Waals surface area contributed by atoms with Gasteiger partial charge in [0.2, 0.25) is 0 Å². The van der Waals surface area contributed by atoms with Crippen molar-refractivity contribution in [3.8, 4) is 0 Å². The fourth-order valence-corrected chi connectivity index (χ4v) is 2.47. The van der Waals surface area contributed by atoms with Gasteiger partial charge in [0, 0.05) is 17.6 Å². The van der Waals surface area contributed by atoms with Gasteiger partial charge in [0.1, 0.15) is 17.1 Å². The van der Waals surface area contributed by atoms with Crippen molar-refractivity contribution in [3.05, 3.63) is 57.5 Å². The van der Waals surface area contributed by atoms with E-state index in [4.69, 9.17) is 21.1 Å². The molecule has 0 atom stereocenters. The summed E-state index contributed by atoms with van der Waals surface area (Å²) in [5.74, 6) is -1.51. The number of aryl methyl sites for hydroxylation is 1. The molecule has 2 aromatic rings. The Morgan fingerprint density at radius 3 is 2.40 bits per heavy atom. The SMILES string of the molecule is Cc1oc(CN(C)C(=O)c2cc(Cl)cc(C(F)(F)F)c2)cc1C(=O)O. The number of hydrogen-bond acceptors (Lipinski definition) is 3. The molecule has 0 radical (unpaired) electrons. The maximum atomic E-state index is 12.8. The minimum Gasteiger partial charge on any atom is -0.478 e. The summed E-state index contributed by atoms with van der Waals surface area (Å²) in [5.41, 5.74) is -1.30. The predicted molar refractivity (Wildman–Crippen MR) is 82.7 cm³/mol. The lowest BCUT2D eigenvalue weighted by Crippen LogP contribution is -2.26. The van der Waals surface area contributed by atoms with Gasteiger partial charge < -0.3 is 14.4 Å². The average Bonchev–Trinajstić information content (AvgIpc) is 2.85. The first-order chi connectivity index (χ1) is 11.5. The summed E-state index contributed by atoms with van der Waals surface area (Å²) in [6.07, 6.45) is -4.63. The van der Waals surface area contributed by atoms with Gasteiger partial charge in [-0.15, -0.1) is 0 Å². The van der Waals surface area contributed by atoms with Gasteiger partial charge in [0.15, 0.2) is 0 Å². The maximum absolute atomic E-state index is 12.8. The third kappa shape index (κ3) is 4.33. The summed E-state index contributed by atoms with van der Waals surface area (Å²) in [4.78, 5) is 24.4. The molecule has 0 spiro atoms.